The fraction of sp³-hybridized carbons (Fsp3) is 0.385. The third-order valence-corrected chi connectivity index (χ3v) is 6.19. The van der Waals surface area contributed by atoms with Crippen molar-refractivity contribution in [3.8, 4) is 17.1 Å². The number of nitrogens with zero attached hydrogens (tertiary/aromatic N) is 3. The summed E-state index contributed by atoms with van der Waals surface area (Å²) in [6.07, 6.45) is 5.48. The van der Waals surface area contributed by atoms with E-state index in [0.717, 1.165) is 56.0 Å². The molecule has 5 nitrogen and oxygen atoms in total. The number of rotatable bonds is 7. The molecule has 1 unspecified atom stereocenters. The lowest BCUT2D eigenvalue weighted by molar-refractivity contribution is -0.133. The largest absolute Gasteiger partial charge is 0.497 e. The van der Waals surface area contributed by atoms with Gasteiger partial charge in [0.05, 0.1) is 7.11 Å². The van der Waals surface area contributed by atoms with Gasteiger partial charge in [-0.15, -0.1) is 0 Å². The van der Waals surface area contributed by atoms with E-state index in [0.29, 0.717) is 12.3 Å². The van der Waals surface area contributed by atoms with E-state index in [1.165, 1.54) is 11.3 Å². The molecular formula is C26H31N3O2. The number of benzene rings is 2. The fourth-order valence-corrected chi connectivity index (χ4v) is 4.41. The summed E-state index contributed by atoms with van der Waals surface area (Å²) in [6, 6.07) is 18.3. The van der Waals surface area contributed by atoms with Gasteiger partial charge in [-0.2, -0.15) is 0 Å². The SMILES string of the molecule is COc1ccc(CCC(=O)N2CCCC(Cn3c(C)cnc3-c3ccccc3)C2)cc1. The molecule has 1 aliphatic heterocycles. The van der Waals surface area contributed by atoms with Crippen LogP contribution in [0.3, 0.4) is 0 Å². The number of carbonyl (C=O) groups is 1. The topological polar surface area (TPSA) is 47.4 Å². The summed E-state index contributed by atoms with van der Waals surface area (Å²) in [5, 5.41) is 0. The summed E-state index contributed by atoms with van der Waals surface area (Å²) in [5.41, 5.74) is 3.48. The van der Waals surface area contributed by atoms with Crippen molar-refractivity contribution in [3.05, 3.63) is 72.1 Å². The average Bonchev–Trinajstić information content (AvgIpc) is 3.18. The van der Waals surface area contributed by atoms with Gasteiger partial charge in [-0.1, -0.05) is 42.5 Å². The number of methoxy groups -OCH3 is 1. The smallest absolute Gasteiger partial charge is 0.222 e. The highest BCUT2D eigenvalue weighted by molar-refractivity contribution is 5.76. The summed E-state index contributed by atoms with van der Waals surface area (Å²) in [6.45, 7) is 4.71. The van der Waals surface area contributed by atoms with Crippen LogP contribution in [0.4, 0.5) is 0 Å². The molecule has 1 aromatic heterocycles. The second-order valence-electron chi connectivity index (χ2n) is 8.40. The van der Waals surface area contributed by atoms with E-state index in [4.69, 9.17) is 4.74 Å². The lowest BCUT2D eigenvalue weighted by Crippen LogP contribution is -2.41. The van der Waals surface area contributed by atoms with Crippen LogP contribution in [0.2, 0.25) is 0 Å². The number of piperidine rings is 1. The Morgan fingerprint density at radius 1 is 1.13 bits per heavy atom. The van der Waals surface area contributed by atoms with Gasteiger partial charge in [0.2, 0.25) is 5.91 Å². The number of ether oxygens (including phenoxy) is 1. The van der Waals surface area contributed by atoms with E-state index in [-0.39, 0.29) is 5.91 Å². The van der Waals surface area contributed by atoms with E-state index in [1.807, 2.05) is 48.7 Å². The van der Waals surface area contributed by atoms with Gasteiger partial charge in [0, 0.05) is 43.5 Å². The molecule has 1 aliphatic rings. The summed E-state index contributed by atoms with van der Waals surface area (Å²) < 4.78 is 7.52. The molecule has 1 fully saturated rings. The lowest BCUT2D eigenvalue weighted by Gasteiger charge is -2.33. The van der Waals surface area contributed by atoms with Gasteiger partial charge in [0.25, 0.3) is 0 Å². The van der Waals surface area contributed by atoms with Gasteiger partial charge in [0.15, 0.2) is 0 Å². The van der Waals surface area contributed by atoms with Crippen LogP contribution in [0.1, 0.15) is 30.5 Å². The number of aromatic nitrogens is 2. The van der Waals surface area contributed by atoms with Crippen molar-refractivity contribution in [3.63, 3.8) is 0 Å². The van der Waals surface area contributed by atoms with Crippen LogP contribution >= 0.6 is 0 Å². The lowest BCUT2D eigenvalue weighted by atomic mass is 9.97. The van der Waals surface area contributed by atoms with Crippen LogP contribution in [-0.4, -0.2) is 40.6 Å². The molecule has 5 heteroatoms. The molecule has 1 saturated heterocycles. The van der Waals surface area contributed by atoms with Gasteiger partial charge >= 0.3 is 0 Å². The molecule has 0 radical (unpaired) electrons. The maximum Gasteiger partial charge on any atom is 0.222 e. The molecule has 1 atom stereocenters. The first-order valence-electron chi connectivity index (χ1n) is 11.1. The molecular weight excluding hydrogens is 386 g/mol. The third kappa shape index (κ3) is 5.16. The van der Waals surface area contributed by atoms with Crippen LogP contribution < -0.4 is 4.74 Å². The predicted molar refractivity (Wildman–Crippen MR) is 123 cm³/mol. The number of likely N-dealkylation sites (tertiary alicyclic amines) is 1. The Hall–Kier alpha value is -3.08. The number of hydrogen-bond acceptors (Lipinski definition) is 3. The molecule has 2 aromatic carbocycles. The van der Waals surface area contributed by atoms with Gasteiger partial charge in [-0.3, -0.25) is 4.79 Å². The normalized spacial score (nSPS) is 16.3. The minimum atomic E-state index is 0.256. The third-order valence-electron chi connectivity index (χ3n) is 6.19. The first-order valence-corrected chi connectivity index (χ1v) is 11.1. The van der Waals surface area contributed by atoms with Crippen LogP contribution in [0.25, 0.3) is 11.4 Å². The number of carbonyl (C=O) groups excluding carboxylic acids is 1. The molecule has 31 heavy (non-hydrogen) atoms. The van der Waals surface area contributed by atoms with Gasteiger partial charge in [-0.05, 0) is 49.8 Å². The highest BCUT2D eigenvalue weighted by Gasteiger charge is 2.25. The summed E-state index contributed by atoms with van der Waals surface area (Å²) in [7, 11) is 1.67. The second-order valence-corrected chi connectivity index (χ2v) is 8.40. The zero-order valence-electron chi connectivity index (χ0n) is 18.5. The van der Waals surface area contributed by atoms with E-state index < -0.39 is 0 Å². The van der Waals surface area contributed by atoms with Crippen molar-refractivity contribution in [2.45, 2.75) is 39.2 Å². The van der Waals surface area contributed by atoms with Crippen molar-refractivity contribution in [2.75, 3.05) is 20.2 Å². The molecule has 1 amide bonds. The van der Waals surface area contributed by atoms with Gasteiger partial charge in [0.1, 0.15) is 11.6 Å². The maximum atomic E-state index is 12.9. The van der Waals surface area contributed by atoms with E-state index in [2.05, 4.69) is 33.5 Å². The number of imidazole rings is 1. The maximum absolute atomic E-state index is 12.9. The Morgan fingerprint density at radius 3 is 2.65 bits per heavy atom. The Bertz CT molecular complexity index is 995. The first-order chi connectivity index (χ1) is 15.1. The molecule has 0 N–H and O–H groups in total. The molecule has 0 saturated carbocycles. The number of amides is 1. The van der Waals surface area contributed by atoms with E-state index in [1.54, 1.807) is 7.11 Å². The molecule has 4 rings (SSSR count). The molecule has 0 aliphatic carbocycles. The molecule has 0 bridgehead atoms. The second kappa shape index (κ2) is 9.82. The quantitative estimate of drug-likeness (QED) is 0.558. The molecule has 2 heterocycles. The van der Waals surface area contributed by atoms with Crippen LogP contribution in [-0.2, 0) is 17.8 Å². The minimum absolute atomic E-state index is 0.256. The Balaban J connectivity index is 1.36. The van der Waals surface area contributed by atoms with E-state index in [9.17, 15) is 4.79 Å². The average molecular weight is 418 g/mol. The van der Waals surface area contributed by atoms with Crippen molar-refractivity contribution in [2.24, 2.45) is 5.92 Å². The van der Waals surface area contributed by atoms with Crippen LogP contribution in [0, 0.1) is 12.8 Å². The van der Waals surface area contributed by atoms with Crippen LogP contribution in [0.15, 0.2) is 60.8 Å². The van der Waals surface area contributed by atoms with Crippen molar-refractivity contribution < 1.29 is 9.53 Å². The summed E-state index contributed by atoms with van der Waals surface area (Å²) >= 11 is 0. The minimum Gasteiger partial charge on any atom is -0.497 e. The van der Waals surface area contributed by atoms with Crippen LogP contribution in [0.5, 0.6) is 5.75 Å². The monoisotopic (exact) mass is 417 g/mol. The zero-order valence-corrected chi connectivity index (χ0v) is 18.5. The predicted octanol–water partition coefficient (Wildman–Crippen LogP) is 4.74. The summed E-state index contributed by atoms with van der Waals surface area (Å²) in [4.78, 5) is 19.6. The Labute approximate surface area is 184 Å². The molecule has 3 aromatic rings. The van der Waals surface area contributed by atoms with E-state index >= 15 is 0 Å². The molecule has 0 spiro atoms. The first kappa shape index (κ1) is 21.2. The van der Waals surface area contributed by atoms with Gasteiger partial charge in [-0.25, -0.2) is 4.98 Å². The standard InChI is InChI=1S/C26H31N3O2/c1-20-17-27-26(23-8-4-3-5-9-23)29(20)19-22-7-6-16-28(18-22)25(30)15-12-21-10-13-24(31-2)14-11-21/h3-5,8-11,13-14,17,22H,6-7,12,15-16,18-19H2,1-2H3. The zero-order chi connectivity index (χ0) is 21.6. The number of aryl methyl sites for hydroxylation is 2. The Kier molecular flexibility index (Phi) is 6.70. The highest BCUT2D eigenvalue weighted by atomic mass is 16.5. The Morgan fingerprint density at radius 2 is 1.90 bits per heavy atom. The van der Waals surface area contributed by atoms with Crippen molar-refractivity contribution >= 4 is 5.91 Å². The van der Waals surface area contributed by atoms with Crippen molar-refractivity contribution in [1.82, 2.24) is 14.5 Å². The molecule has 162 valence electrons. The number of hydrogen-bond donors (Lipinski definition) is 0. The fourth-order valence-electron chi connectivity index (χ4n) is 4.41. The van der Waals surface area contributed by atoms with Crippen molar-refractivity contribution in [1.29, 1.82) is 0 Å². The summed E-state index contributed by atoms with van der Waals surface area (Å²) in [5.74, 6) is 2.57. The highest BCUT2D eigenvalue weighted by Crippen LogP contribution is 2.25. The van der Waals surface area contributed by atoms with Gasteiger partial charge < -0.3 is 14.2 Å².